The van der Waals surface area contributed by atoms with Crippen molar-refractivity contribution in [3.05, 3.63) is 59.2 Å². The molecule has 1 aliphatic rings. The van der Waals surface area contributed by atoms with Gasteiger partial charge in [0.2, 0.25) is 0 Å². The zero-order valence-corrected chi connectivity index (χ0v) is 25.2. The Balaban J connectivity index is 1.63. The van der Waals surface area contributed by atoms with Crippen LogP contribution in [0.3, 0.4) is 0 Å². The first-order chi connectivity index (χ1) is 16.5. The largest absolute Gasteiger partial charge is 0.494 e. The molecule has 1 N–H and O–H groups in total. The first-order valence-corrected chi connectivity index (χ1v) is 16.4. The average molecular weight is 511 g/mol. The van der Waals surface area contributed by atoms with Gasteiger partial charge >= 0.3 is 7.12 Å². The second-order valence-electron chi connectivity index (χ2n) is 12.9. The summed E-state index contributed by atoms with van der Waals surface area (Å²) in [6.07, 6.45) is 3.14. The van der Waals surface area contributed by atoms with Crippen LogP contribution in [-0.2, 0) is 22.3 Å². The van der Waals surface area contributed by atoms with Crippen molar-refractivity contribution in [2.75, 3.05) is 0 Å². The zero-order chi connectivity index (χ0) is 26.9. The normalized spacial score (nSPS) is 17.6. The van der Waals surface area contributed by atoms with Gasteiger partial charge in [-0.3, -0.25) is 0 Å². The smallest absolute Gasteiger partial charge is 0.489 e. The SMILES string of the molecule is CC(C)c1ccc(COc2ccc(B3OC(C)(C)C(C)(C)O3)cc2)cc1CCCC(C)(C)[Si](C)(C)O. The van der Waals surface area contributed by atoms with E-state index in [1.165, 1.54) is 16.7 Å². The summed E-state index contributed by atoms with van der Waals surface area (Å²) in [7, 11) is -2.54. The maximum atomic E-state index is 10.6. The fourth-order valence-corrected chi connectivity index (χ4v) is 5.21. The molecule has 3 rings (SSSR count). The van der Waals surface area contributed by atoms with Gasteiger partial charge in [-0.1, -0.05) is 58.0 Å². The molecule has 1 heterocycles. The lowest BCUT2D eigenvalue weighted by molar-refractivity contribution is 0.00578. The molecule has 2 aromatic carbocycles. The highest BCUT2D eigenvalue weighted by molar-refractivity contribution is 6.72. The van der Waals surface area contributed by atoms with Crippen LogP contribution in [0.1, 0.15) is 90.8 Å². The molecule has 0 aromatic heterocycles. The summed E-state index contributed by atoms with van der Waals surface area (Å²) in [4.78, 5) is 10.6. The molecule has 6 heteroatoms. The average Bonchev–Trinajstić information content (AvgIpc) is 2.98. The number of ether oxygens (including phenoxy) is 1. The summed E-state index contributed by atoms with van der Waals surface area (Å²) in [6.45, 7) is 21.8. The van der Waals surface area contributed by atoms with Crippen LogP contribution in [0.4, 0.5) is 0 Å². The van der Waals surface area contributed by atoms with Gasteiger partial charge in [0.1, 0.15) is 12.4 Å². The molecule has 198 valence electrons. The van der Waals surface area contributed by atoms with Crippen LogP contribution in [0.25, 0.3) is 0 Å². The Morgan fingerprint density at radius 2 is 1.56 bits per heavy atom. The monoisotopic (exact) mass is 510 g/mol. The van der Waals surface area contributed by atoms with Gasteiger partial charge in [0.25, 0.3) is 0 Å². The molecule has 4 nitrogen and oxygen atoms in total. The molecule has 0 bridgehead atoms. The third-order valence-corrected chi connectivity index (χ3v) is 12.1. The Morgan fingerprint density at radius 1 is 0.972 bits per heavy atom. The van der Waals surface area contributed by atoms with Gasteiger partial charge in [0.05, 0.1) is 11.2 Å². The molecule has 1 fully saturated rings. The van der Waals surface area contributed by atoms with E-state index in [-0.39, 0.29) is 23.4 Å². The number of benzene rings is 2. The van der Waals surface area contributed by atoms with Crippen LogP contribution in [0.15, 0.2) is 42.5 Å². The van der Waals surface area contributed by atoms with Gasteiger partial charge in [-0.15, -0.1) is 0 Å². The topological polar surface area (TPSA) is 47.9 Å². The van der Waals surface area contributed by atoms with Crippen molar-refractivity contribution in [1.29, 1.82) is 0 Å². The second kappa shape index (κ2) is 10.6. The summed E-state index contributed by atoms with van der Waals surface area (Å²) in [5.41, 5.74) is 4.29. The Kier molecular flexibility index (Phi) is 8.56. The molecule has 36 heavy (non-hydrogen) atoms. The minimum absolute atomic E-state index is 0.0119. The van der Waals surface area contributed by atoms with Gasteiger partial charge in [-0.2, -0.15) is 0 Å². The molecule has 0 aliphatic carbocycles. The summed E-state index contributed by atoms with van der Waals surface area (Å²) in [5.74, 6) is 1.32. The Bertz CT molecular complexity index is 1010. The number of rotatable bonds is 10. The van der Waals surface area contributed by atoms with E-state index < -0.39 is 8.32 Å². The Hall–Kier alpha value is -1.60. The number of aryl methyl sites for hydroxylation is 1. The molecule has 0 unspecified atom stereocenters. The third-order valence-electron chi connectivity index (χ3n) is 8.54. The maximum absolute atomic E-state index is 10.6. The quantitative estimate of drug-likeness (QED) is 0.350. The minimum Gasteiger partial charge on any atom is -0.489 e. The van der Waals surface area contributed by atoms with E-state index in [2.05, 4.69) is 73.6 Å². The van der Waals surface area contributed by atoms with Crippen LogP contribution in [0, 0.1) is 0 Å². The van der Waals surface area contributed by atoms with Crippen molar-refractivity contribution in [3.63, 3.8) is 0 Å². The molecule has 1 aliphatic heterocycles. The van der Waals surface area contributed by atoms with Gasteiger partial charge in [-0.05, 0) is 105 Å². The first kappa shape index (κ1) is 29.0. The van der Waals surface area contributed by atoms with Gasteiger partial charge in [-0.25, -0.2) is 0 Å². The van der Waals surface area contributed by atoms with Crippen molar-refractivity contribution >= 4 is 20.9 Å². The lowest BCUT2D eigenvalue weighted by Gasteiger charge is -2.35. The molecule has 1 saturated heterocycles. The lowest BCUT2D eigenvalue weighted by Crippen LogP contribution is -2.41. The van der Waals surface area contributed by atoms with Crippen LogP contribution in [-0.4, -0.2) is 31.4 Å². The molecule has 0 amide bonds. The fraction of sp³-hybridized carbons (Fsp3) is 0.600. The van der Waals surface area contributed by atoms with E-state index >= 15 is 0 Å². The molecule has 0 atom stereocenters. The number of hydrogen-bond acceptors (Lipinski definition) is 4. The van der Waals surface area contributed by atoms with Crippen molar-refractivity contribution in [2.45, 2.75) is 117 Å². The van der Waals surface area contributed by atoms with Crippen molar-refractivity contribution in [3.8, 4) is 5.75 Å². The predicted octanol–water partition coefficient (Wildman–Crippen LogP) is 6.99. The minimum atomic E-state index is -2.18. The summed E-state index contributed by atoms with van der Waals surface area (Å²) >= 11 is 0. The van der Waals surface area contributed by atoms with Crippen LogP contribution in [0.5, 0.6) is 5.75 Å². The van der Waals surface area contributed by atoms with Crippen molar-refractivity contribution in [1.82, 2.24) is 0 Å². The highest BCUT2D eigenvalue weighted by Crippen LogP contribution is 2.40. The highest BCUT2D eigenvalue weighted by Gasteiger charge is 2.51. The summed E-state index contributed by atoms with van der Waals surface area (Å²) in [6, 6.07) is 14.8. The molecular formula is C30H47BO4Si. The highest BCUT2D eigenvalue weighted by atomic mass is 28.4. The summed E-state index contributed by atoms with van der Waals surface area (Å²) < 4.78 is 18.5. The van der Waals surface area contributed by atoms with E-state index in [1.807, 2.05) is 37.4 Å². The van der Waals surface area contributed by atoms with E-state index in [0.29, 0.717) is 12.5 Å². The van der Waals surface area contributed by atoms with Gasteiger partial charge in [0.15, 0.2) is 8.32 Å². The molecule has 2 aromatic rings. The third kappa shape index (κ3) is 6.63. The summed E-state index contributed by atoms with van der Waals surface area (Å²) in [5, 5.41) is 0.0119. The van der Waals surface area contributed by atoms with Crippen LogP contribution < -0.4 is 10.2 Å². The molecule has 0 spiro atoms. The van der Waals surface area contributed by atoms with Crippen LogP contribution in [0.2, 0.25) is 18.1 Å². The second-order valence-corrected chi connectivity index (χ2v) is 17.4. The fourth-order valence-electron chi connectivity index (χ4n) is 4.42. The van der Waals surface area contributed by atoms with Crippen molar-refractivity contribution < 1.29 is 18.8 Å². The molecule has 0 saturated carbocycles. The Morgan fingerprint density at radius 3 is 2.08 bits per heavy atom. The van der Waals surface area contributed by atoms with E-state index in [4.69, 9.17) is 14.0 Å². The van der Waals surface area contributed by atoms with Crippen molar-refractivity contribution in [2.24, 2.45) is 0 Å². The zero-order valence-electron chi connectivity index (χ0n) is 24.2. The van der Waals surface area contributed by atoms with Gasteiger partial charge < -0.3 is 18.8 Å². The van der Waals surface area contributed by atoms with E-state index in [0.717, 1.165) is 30.5 Å². The van der Waals surface area contributed by atoms with Gasteiger partial charge in [0, 0.05) is 0 Å². The van der Waals surface area contributed by atoms with E-state index in [9.17, 15) is 4.80 Å². The Labute approximate surface area is 221 Å². The lowest BCUT2D eigenvalue weighted by atomic mass is 9.79. The predicted molar refractivity (Wildman–Crippen MR) is 154 cm³/mol. The van der Waals surface area contributed by atoms with E-state index in [1.54, 1.807) is 0 Å². The molecule has 0 radical (unpaired) electrons. The van der Waals surface area contributed by atoms with Crippen LogP contribution >= 0.6 is 0 Å². The number of hydrogen-bond donors (Lipinski definition) is 1. The molecular weight excluding hydrogens is 463 g/mol. The standard InChI is InChI=1S/C30H47BO4Si/c1-22(2)27-18-13-23(20-24(27)12-11-19-28(3,4)36(9,10)32)21-33-26-16-14-25(15-17-26)31-34-29(5,6)30(7,8)35-31/h13-18,20,22,32H,11-12,19,21H2,1-10H3. The first-order valence-electron chi connectivity index (χ1n) is 13.4. The maximum Gasteiger partial charge on any atom is 0.494 e.